The summed E-state index contributed by atoms with van der Waals surface area (Å²) in [6.07, 6.45) is -0.357. The second-order valence-corrected chi connectivity index (χ2v) is 9.12. The van der Waals surface area contributed by atoms with E-state index in [2.05, 4.69) is 0 Å². The highest BCUT2D eigenvalue weighted by Crippen LogP contribution is 2.47. The maximum Gasteiger partial charge on any atom is 0.317 e. The van der Waals surface area contributed by atoms with Gasteiger partial charge in [-0.25, -0.2) is 0 Å². The molecule has 1 aliphatic carbocycles. The smallest absolute Gasteiger partial charge is 0.317 e. The largest absolute Gasteiger partial charge is 0.508 e. The van der Waals surface area contributed by atoms with Crippen molar-refractivity contribution in [3.8, 4) is 5.75 Å². The maximum absolute atomic E-state index is 13.0. The van der Waals surface area contributed by atoms with Gasteiger partial charge in [0.25, 0.3) is 0 Å². The Bertz CT molecular complexity index is 764. The van der Waals surface area contributed by atoms with E-state index in [0.29, 0.717) is 5.56 Å². The van der Waals surface area contributed by atoms with Gasteiger partial charge in [-0.05, 0) is 36.5 Å². The molecule has 7 heteroatoms. The molecule has 2 rings (SSSR count). The molecule has 2 N–H and O–H groups in total. The molecule has 0 unspecified atom stereocenters. The first-order valence-corrected chi connectivity index (χ1v) is 10.3. The minimum absolute atomic E-state index is 0.00511. The van der Waals surface area contributed by atoms with Gasteiger partial charge in [0.1, 0.15) is 11.7 Å². The van der Waals surface area contributed by atoms with E-state index in [1.165, 1.54) is 19.1 Å². The average Bonchev–Trinajstić information content (AvgIpc) is 2.63. The van der Waals surface area contributed by atoms with E-state index in [4.69, 9.17) is 9.47 Å². The standard InChI is InChI=1S/C23H32O7/c1-13(2)11-29-21(26)19-17(25)10-23(5,28)20(22(27)30-12-14(3)4)18(19)15-6-8-16(24)9-7-15/h6-9,13-14,18-20,24,28H,10-12H2,1-5H3/t18-,19+,20+,23-/m1/s1. The number of ketones is 1. The van der Waals surface area contributed by atoms with Crippen LogP contribution < -0.4 is 0 Å². The molecule has 0 saturated heterocycles. The normalized spacial score (nSPS) is 26.7. The maximum atomic E-state index is 13.0. The van der Waals surface area contributed by atoms with Gasteiger partial charge in [0.05, 0.1) is 24.7 Å². The SMILES string of the molecule is CC(C)COC(=O)[C@H]1C(=O)C[C@@](C)(O)[C@H](C(=O)OCC(C)C)[C@@H]1c1ccc(O)cc1. The topological polar surface area (TPSA) is 110 Å². The summed E-state index contributed by atoms with van der Waals surface area (Å²) in [6, 6.07) is 5.91. The number of hydrogen-bond acceptors (Lipinski definition) is 7. The third kappa shape index (κ3) is 5.59. The minimum Gasteiger partial charge on any atom is -0.508 e. The van der Waals surface area contributed by atoms with Gasteiger partial charge in [-0.2, -0.15) is 0 Å². The zero-order valence-corrected chi connectivity index (χ0v) is 18.3. The van der Waals surface area contributed by atoms with Crippen molar-refractivity contribution in [2.75, 3.05) is 13.2 Å². The molecule has 0 radical (unpaired) electrons. The molecule has 1 fully saturated rings. The molecule has 0 aliphatic heterocycles. The molecule has 0 amide bonds. The highest BCUT2D eigenvalue weighted by Gasteiger charge is 2.57. The van der Waals surface area contributed by atoms with Crippen molar-refractivity contribution in [3.63, 3.8) is 0 Å². The third-order valence-corrected chi connectivity index (χ3v) is 5.17. The highest BCUT2D eigenvalue weighted by molar-refractivity contribution is 6.02. The van der Waals surface area contributed by atoms with Gasteiger partial charge in [0.2, 0.25) is 0 Å². The molecular formula is C23H32O7. The summed E-state index contributed by atoms with van der Waals surface area (Å²) < 4.78 is 10.7. The van der Waals surface area contributed by atoms with Crippen LogP contribution in [-0.4, -0.2) is 46.7 Å². The van der Waals surface area contributed by atoms with Crippen LogP contribution in [0.15, 0.2) is 24.3 Å². The van der Waals surface area contributed by atoms with E-state index < -0.39 is 41.1 Å². The Morgan fingerprint density at radius 1 is 1.03 bits per heavy atom. The van der Waals surface area contributed by atoms with Crippen molar-refractivity contribution in [2.45, 2.75) is 52.6 Å². The first-order chi connectivity index (χ1) is 13.9. The number of esters is 2. The van der Waals surface area contributed by atoms with E-state index >= 15 is 0 Å². The number of rotatable bonds is 7. The van der Waals surface area contributed by atoms with Gasteiger partial charge in [-0.15, -0.1) is 0 Å². The van der Waals surface area contributed by atoms with E-state index in [1.807, 2.05) is 27.7 Å². The number of carbonyl (C=O) groups is 3. The van der Waals surface area contributed by atoms with Crippen molar-refractivity contribution in [1.29, 1.82) is 0 Å². The van der Waals surface area contributed by atoms with Crippen molar-refractivity contribution in [1.82, 2.24) is 0 Å². The molecule has 1 aromatic carbocycles. The Balaban J connectivity index is 2.51. The summed E-state index contributed by atoms with van der Waals surface area (Å²) in [4.78, 5) is 38.8. The summed E-state index contributed by atoms with van der Waals surface area (Å²) in [6.45, 7) is 9.25. The fourth-order valence-corrected chi connectivity index (χ4v) is 3.79. The lowest BCUT2D eigenvalue weighted by molar-refractivity contribution is -0.173. The van der Waals surface area contributed by atoms with Crippen LogP contribution in [0.5, 0.6) is 5.75 Å². The average molecular weight is 421 g/mol. The molecule has 0 spiro atoms. The zero-order chi connectivity index (χ0) is 22.6. The Morgan fingerprint density at radius 3 is 2.03 bits per heavy atom. The van der Waals surface area contributed by atoms with Crippen LogP contribution in [0.2, 0.25) is 0 Å². The molecule has 1 aromatic rings. The number of aromatic hydroxyl groups is 1. The van der Waals surface area contributed by atoms with Crippen LogP contribution in [0.4, 0.5) is 0 Å². The Kier molecular flexibility index (Phi) is 7.64. The summed E-state index contributed by atoms with van der Waals surface area (Å²) in [5, 5.41) is 20.7. The summed E-state index contributed by atoms with van der Waals surface area (Å²) in [7, 11) is 0. The van der Waals surface area contributed by atoms with Crippen molar-refractivity contribution in [3.05, 3.63) is 29.8 Å². The Labute approximate surface area is 177 Å². The Hall–Kier alpha value is -2.41. The number of hydrogen-bond donors (Lipinski definition) is 2. The van der Waals surface area contributed by atoms with Crippen molar-refractivity contribution >= 4 is 17.7 Å². The molecule has 7 nitrogen and oxygen atoms in total. The van der Waals surface area contributed by atoms with Gasteiger partial charge in [-0.3, -0.25) is 14.4 Å². The molecule has 0 aromatic heterocycles. The lowest BCUT2D eigenvalue weighted by Crippen LogP contribution is -2.55. The number of benzene rings is 1. The molecule has 1 aliphatic rings. The fourth-order valence-electron chi connectivity index (χ4n) is 3.79. The van der Waals surface area contributed by atoms with Crippen LogP contribution in [0.25, 0.3) is 0 Å². The third-order valence-electron chi connectivity index (χ3n) is 5.17. The minimum atomic E-state index is -1.69. The van der Waals surface area contributed by atoms with Gasteiger partial charge in [0.15, 0.2) is 5.78 Å². The number of aliphatic hydroxyl groups is 1. The van der Waals surface area contributed by atoms with Gasteiger partial charge in [-0.1, -0.05) is 39.8 Å². The molecule has 166 valence electrons. The van der Waals surface area contributed by atoms with Crippen LogP contribution in [0.3, 0.4) is 0 Å². The predicted molar refractivity (Wildman–Crippen MR) is 110 cm³/mol. The highest BCUT2D eigenvalue weighted by atomic mass is 16.5. The fraction of sp³-hybridized carbons (Fsp3) is 0.609. The molecule has 1 saturated carbocycles. The first kappa shape index (κ1) is 23.9. The molecule has 0 heterocycles. The van der Waals surface area contributed by atoms with Gasteiger partial charge in [0, 0.05) is 12.3 Å². The van der Waals surface area contributed by atoms with Gasteiger partial charge < -0.3 is 19.7 Å². The van der Waals surface area contributed by atoms with E-state index in [0.717, 1.165) is 0 Å². The van der Waals surface area contributed by atoms with Crippen LogP contribution in [0.1, 0.15) is 52.5 Å². The number of phenols is 1. The number of Topliss-reactive ketones (excluding diaryl/α,β-unsaturated/α-hetero) is 1. The summed E-state index contributed by atoms with van der Waals surface area (Å²) in [5.41, 5.74) is -1.22. The first-order valence-electron chi connectivity index (χ1n) is 10.3. The molecule has 4 atom stereocenters. The summed E-state index contributed by atoms with van der Waals surface area (Å²) in [5.74, 6) is -5.06. The number of ether oxygens (including phenoxy) is 2. The quantitative estimate of drug-likeness (QED) is 0.515. The number of carbonyl (C=O) groups excluding carboxylic acids is 3. The molecule has 30 heavy (non-hydrogen) atoms. The van der Waals surface area contributed by atoms with Crippen LogP contribution in [0, 0.1) is 23.7 Å². The second-order valence-electron chi connectivity index (χ2n) is 9.12. The van der Waals surface area contributed by atoms with E-state index in [1.54, 1.807) is 12.1 Å². The van der Waals surface area contributed by atoms with Crippen LogP contribution in [-0.2, 0) is 23.9 Å². The van der Waals surface area contributed by atoms with E-state index in [9.17, 15) is 24.6 Å². The zero-order valence-electron chi connectivity index (χ0n) is 18.3. The lowest BCUT2D eigenvalue weighted by atomic mass is 9.61. The van der Waals surface area contributed by atoms with Crippen molar-refractivity contribution in [2.24, 2.45) is 23.7 Å². The molecule has 0 bridgehead atoms. The number of phenolic OH excluding ortho intramolecular Hbond substituents is 1. The van der Waals surface area contributed by atoms with Gasteiger partial charge >= 0.3 is 11.9 Å². The second kappa shape index (κ2) is 9.60. The molecular weight excluding hydrogens is 388 g/mol. The summed E-state index contributed by atoms with van der Waals surface area (Å²) >= 11 is 0. The predicted octanol–water partition coefficient (Wildman–Crippen LogP) is 2.83. The lowest BCUT2D eigenvalue weighted by Gasteiger charge is -2.43. The monoisotopic (exact) mass is 420 g/mol. The van der Waals surface area contributed by atoms with Crippen LogP contribution >= 0.6 is 0 Å². The van der Waals surface area contributed by atoms with Crippen molar-refractivity contribution < 1.29 is 34.1 Å². The Morgan fingerprint density at radius 2 is 1.53 bits per heavy atom. The van der Waals surface area contributed by atoms with E-state index in [-0.39, 0.29) is 37.2 Å².